The number of hydrogen-bond donors (Lipinski definition) is 1. The van der Waals surface area contributed by atoms with Gasteiger partial charge >= 0.3 is 5.97 Å². The lowest BCUT2D eigenvalue weighted by molar-refractivity contribution is -0.114. The van der Waals surface area contributed by atoms with Gasteiger partial charge in [0.15, 0.2) is 5.13 Å². The van der Waals surface area contributed by atoms with Gasteiger partial charge in [-0.2, -0.15) is 5.10 Å². The summed E-state index contributed by atoms with van der Waals surface area (Å²) in [4.78, 5) is 29.0. The van der Waals surface area contributed by atoms with E-state index in [0.29, 0.717) is 21.4 Å². The second-order valence-corrected chi connectivity index (χ2v) is 8.09. The topological polar surface area (TPSA) is 86.1 Å². The van der Waals surface area contributed by atoms with Crippen LogP contribution in [0.25, 0.3) is 15.9 Å². The minimum absolute atomic E-state index is 0.00618. The molecule has 1 aromatic carbocycles. The normalized spacial score (nSPS) is 11.0. The van der Waals surface area contributed by atoms with Crippen LogP contribution in [0.2, 0.25) is 0 Å². The van der Waals surface area contributed by atoms with Crippen LogP contribution in [0.1, 0.15) is 28.0 Å². The van der Waals surface area contributed by atoms with E-state index >= 15 is 0 Å². The van der Waals surface area contributed by atoms with E-state index in [1.165, 1.54) is 41.7 Å². The number of carbonyl (C=O) groups excluding carboxylic acids is 2. The Kier molecular flexibility index (Phi) is 5.12. The fraction of sp³-hybridized carbons (Fsp3) is 0.158. The van der Waals surface area contributed by atoms with E-state index in [1.54, 1.807) is 28.3 Å². The van der Waals surface area contributed by atoms with Gasteiger partial charge in [0.05, 0.1) is 17.1 Å². The fourth-order valence-corrected chi connectivity index (χ4v) is 4.51. The molecule has 3 heterocycles. The molecule has 0 aliphatic rings. The highest BCUT2D eigenvalue weighted by atomic mass is 32.1. The van der Waals surface area contributed by atoms with Crippen LogP contribution in [0, 0.1) is 12.7 Å². The minimum Gasteiger partial charge on any atom is -0.455 e. The van der Waals surface area contributed by atoms with Crippen molar-refractivity contribution in [2.75, 3.05) is 5.32 Å². The van der Waals surface area contributed by atoms with Crippen molar-refractivity contribution in [2.45, 2.75) is 20.5 Å². The average Bonchev–Trinajstić information content (AvgIpc) is 3.37. The first-order valence-electron chi connectivity index (χ1n) is 8.55. The van der Waals surface area contributed by atoms with Crippen LogP contribution in [0.15, 0.2) is 35.7 Å². The monoisotopic (exact) mass is 430 g/mol. The molecular weight excluding hydrogens is 415 g/mol. The molecule has 1 amide bonds. The van der Waals surface area contributed by atoms with Crippen molar-refractivity contribution in [1.29, 1.82) is 0 Å². The lowest BCUT2D eigenvalue weighted by Crippen LogP contribution is -2.06. The molecular formula is C19H15FN4O3S2. The molecule has 148 valence electrons. The zero-order valence-corrected chi connectivity index (χ0v) is 17.1. The summed E-state index contributed by atoms with van der Waals surface area (Å²) in [5, 5.41) is 10.1. The van der Waals surface area contributed by atoms with Crippen LogP contribution in [-0.4, -0.2) is 26.6 Å². The number of halogens is 1. The van der Waals surface area contributed by atoms with Gasteiger partial charge in [-0.25, -0.2) is 18.9 Å². The number of nitrogens with zero attached hydrogens (tertiary/aromatic N) is 3. The van der Waals surface area contributed by atoms with Crippen molar-refractivity contribution in [3.05, 3.63) is 57.8 Å². The van der Waals surface area contributed by atoms with Crippen molar-refractivity contribution in [2.24, 2.45) is 0 Å². The first-order valence-corrected chi connectivity index (χ1v) is 10.2. The number of rotatable bonds is 5. The van der Waals surface area contributed by atoms with E-state index in [2.05, 4.69) is 15.4 Å². The Labute approximate surface area is 172 Å². The number of hydrogen-bond acceptors (Lipinski definition) is 7. The number of aromatic nitrogens is 3. The van der Waals surface area contributed by atoms with Crippen molar-refractivity contribution in [3.63, 3.8) is 0 Å². The van der Waals surface area contributed by atoms with Gasteiger partial charge in [0.1, 0.15) is 22.1 Å². The zero-order chi connectivity index (χ0) is 20.5. The summed E-state index contributed by atoms with van der Waals surface area (Å²) < 4.78 is 20.2. The number of aryl methyl sites for hydroxylation is 1. The van der Waals surface area contributed by atoms with E-state index in [-0.39, 0.29) is 18.3 Å². The van der Waals surface area contributed by atoms with Crippen LogP contribution in [-0.2, 0) is 16.1 Å². The van der Waals surface area contributed by atoms with Gasteiger partial charge in [0, 0.05) is 17.7 Å². The average molecular weight is 430 g/mol. The molecule has 0 aliphatic heterocycles. The van der Waals surface area contributed by atoms with Gasteiger partial charge < -0.3 is 10.1 Å². The first kappa shape index (κ1) is 19.2. The minimum atomic E-state index is -0.467. The Morgan fingerprint density at radius 3 is 2.76 bits per heavy atom. The molecule has 0 aliphatic carbocycles. The number of esters is 1. The summed E-state index contributed by atoms with van der Waals surface area (Å²) in [6, 6.07) is 7.74. The van der Waals surface area contributed by atoms with Gasteiger partial charge in [0.2, 0.25) is 5.91 Å². The van der Waals surface area contributed by atoms with Crippen molar-refractivity contribution >= 4 is 49.9 Å². The molecule has 3 aromatic heterocycles. The van der Waals surface area contributed by atoms with Crippen LogP contribution in [0.3, 0.4) is 0 Å². The maximum absolute atomic E-state index is 13.2. The second kappa shape index (κ2) is 7.72. The van der Waals surface area contributed by atoms with E-state index in [9.17, 15) is 14.0 Å². The maximum atomic E-state index is 13.2. The number of amides is 1. The van der Waals surface area contributed by atoms with Crippen molar-refractivity contribution in [1.82, 2.24) is 14.8 Å². The molecule has 1 N–H and O–H groups in total. The molecule has 4 aromatic rings. The van der Waals surface area contributed by atoms with Crippen LogP contribution in [0.5, 0.6) is 0 Å². The number of benzene rings is 1. The number of ether oxygens (including phenoxy) is 1. The molecule has 0 fully saturated rings. The number of carbonyl (C=O) groups is 2. The standard InChI is InChI=1S/C19H15FN4O3S2/c1-10-15-7-16(18(26)27-8-13-9-28-19(22-13)21-11(2)25)29-17(15)24(23-10)14-5-3-12(20)4-6-14/h3-7,9H,8H2,1-2H3,(H,21,22,25). The number of thiazole rings is 1. The van der Waals surface area contributed by atoms with E-state index in [0.717, 1.165) is 15.9 Å². The highest BCUT2D eigenvalue weighted by Crippen LogP contribution is 2.31. The third kappa shape index (κ3) is 4.03. The third-order valence-corrected chi connectivity index (χ3v) is 5.90. The zero-order valence-electron chi connectivity index (χ0n) is 15.4. The highest BCUT2D eigenvalue weighted by molar-refractivity contribution is 7.20. The van der Waals surface area contributed by atoms with Gasteiger partial charge in [-0.3, -0.25) is 4.79 Å². The number of fused-ring (bicyclic) bond motifs is 1. The lowest BCUT2D eigenvalue weighted by atomic mass is 10.3. The number of thiophene rings is 1. The van der Waals surface area contributed by atoms with E-state index in [4.69, 9.17) is 4.74 Å². The summed E-state index contributed by atoms with van der Waals surface area (Å²) in [6.07, 6.45) is 0. The Hall–Kier alpha value is -3.11. The van der Waals surface area contributed by atoms with Gasteiger partial charge in [-0.15, -0.1) is 22.7 Å². The van der Waals surface area contributed by atoms with Gasteiger partial charge in [0.25, 0.3) is 0 Å². The molecule has 0 bridgehead atoms. The molecule has 4 rings (SSSR count). The second-order valence-electron chi connectivity index (χ2n) is 6.20. The fourth-order valence-electron chi connectivity index (χ4n) is 2.70. The number of nitrogens with one attached hydrogen (secondary N) is 1. The summed E-state index contributed by atoms with van der Waals surface area (Å²) >= 11 is 2.52. The predicted octanol–water partition coefficient (Wildman–Crippen LogP) is 4.31. The Morgan fingerprint density at radius 1 is 1.28 bits per heavy atom. The third-order valence-electron chi connectivity index (χ3n) is 4.00. The number of anilines is 1. The highest BCUT2D eigenvalue weighted by Gasteiger charge is 2.18. The van der Waals surface area contributed by atoms with Crippen LogP contribution in [0.4, 0.5) is 9.52 Å². The molecule has 7 nitrogen and oxygen atoms in total. The largest absolute Gasteiger partial charge is 0.455 e. The Balaban J connectivity index is 1.52. The predicted molar refractivity (Wildman–Crippen MR) is 109 cm³/mol. The quantitative estimate of drug-likeness (QED) is 0.477. The molecule has 0 saturated heterocycles. The molecule has 29 heavy (non-hydrogen) atoms. The lowest BCUT2D eigenvalue weighted by Gasteiger charge is -2.02. The molecule has 0 spiro atoms. The van der Waals surface area contributed by atoms with Crippen molar-refractivity contribution < 1.29 is 18.7 Å². The first-order chi connectivity index (χ1) is 13.9. The summed E-state index contributed by atoms with van der Waals surface area (Å²) in [6.45, 7) is 3.26. The summed E-state index contributed by atoms with van der Waals surface area (Å²) in [5.74, 6) is -1.00. The smallest absolute Gasteiger partial charge is 0.348 e. The SMILES string of the molecule is CC(=O)Nc1nc(COC(=O)c2cc3c(C)nn(-c4ccc(F)cc4)c3s2)cs1. The van der Waals surface area contributed by atoms with E-state index in [1.807, 2.05) is 6.92 Å². The van der Waals surface area contributed by atoms with Gasteiger partial charge in [-0.05, 0) is 37.3 Å². The molecule has 0 atom stereocenters. The summed E-state index contributed by atoms with van der Waals surface area (Å²) in [5.41, 5.74) is 2.03. The maximum Gasteiger partial charge on any atom is 0.348 e. The van der Waals surface area contributed by atoms with Crippen LogP contribution < -0.4 is 5.32 Å². The Bertz CT molecular complexity index is 1210. The molecule has 0 unspecified atom stereocenters. The molecule has 0 radical (unpaired) electrons. The summed E-state index contributed by atoms with van der Waals surface area (Å²) in [7, 11) is 0. The van der Waals surface area contributed by atoms with Crippen molar-refractivity contribution in [3.8, 4) is 5.69 Å². The Morgan fingerprint density at radius 2 is 2.03 bits per heavy atom. The molecule has 0 saturated carbocycles. The van der Waals surface area contributed by atoms with Crippen LogP contribution >= 0.6 is 22.7 Å². The van der Waals surface area contributed by atoms with E-state index < -0.39 is 5.97 Å². The molecule has 10 heteroatoms. The van der Waals surface area contributed by atoms with Gasteiger partial charge in [-0.1, -0.05) is 0 Å².